The molecule has 1 nitrogen and oxygen atoms in total. The minimum Gasteiger partial charge on any atom is -0.330 e. The van der Waals surface area contributed by atoms with Crippen LogP contribution in [0.25, 0.3) is 0 Å². The van der Waals surface area contributed by atoms with E-state index in [4.69, 9.17) is 5.73 Å². The minimum atomic E-state index is 0.561. The van der Waals surface area contributed by atoms with Gasteiger partial charge in [-0.05, 0) is 92.4 Å². The van der Waals surface area contributed by atoms with Gasteiger partial charge in [-0.3, -0.25) is 0 Å². The molecule has 0 aromatic heterocycles. The molecule has 4 rings (SSSR count). The fourth-order valence-corrected chi connectivity index (χ4v) is 7.47. The summed E-state index contributed by atoms with van der Waals surface area (Å²) in [6, 6.07) is 0. The predicted molar refractivity (Wildman–Crippen MR) is 84.3 cm³/mol. The molecule has 0 bridgehead atoms. The van der Waals surface area contributed by atoms with Crippen LogP contribution in [0.5, 0.6) is 0 Å². The van der Waals surface area contributed by atoms with Crippen molar-refractivity contribution < 1.29 is 0 Å². The summed E-state index contributed by atoms with van der Waals surface area (Å²) in [5.41, 5.74) is 7.69. The van der Waals surface area contributed by atoms with Gasteiger partial charge in [-0.2, -0.15) is 0 Å². The maximum atomic E-state index is 6.43. The van der Waals surface area contributed by atoms with Crippen molar-refractivity contribution in [3.63, 3.8) is 0 Å². The summed E-state index contributed by atoms with van der Waals surface area (Å²) >= 11 is 0. The summed E-state index contributed by atoms with van der Waals surface area (Å²) in [7, 11) is 0. The second-order valence-corrected chi connectivity index (χ2v) is 8.92. The maximum absolute atomic E-state index is 6.43. The third-order valence-electron chi connectivity index (χ3n) is 8.44. The van der Waals surface area contributed by atoms with E-state index >= 15 is 0 Å². The lowest BCUT2D eigenvalue weighted by molar-refractivity contribution is -0.107. The first-order valence-corrected chi connectivity index (χ1v) is 9.40. The zero-order valence-corrected chi connectivity index (χ0v) is 13.4. The van der Waals surface area contributed by atoms with Crippen molar-refractivity contribution in [2.45, 2.75) is 77.6 Å². The summed E-state index contributed by atoms with van der Waals surface area (Å²) in [6.45, 7) is 3.60. The second-order valence-electron chi connectivity index (χ2n) is 8.92. The highest BCUT2D eigenvalue weighted by Gasteiger charge is 2.58. The summed E-state index contributed by atoms with van der Waals surface area (Å²) in [5, 5.41) is 0. The molecule has 0 amide bonds. The molecule has 1 heteroatoms. The normalized spacial score (nSPS) is 54.9. The Bertz CT molecular complexity index is 378. The molecule has 4 fully saturated rings. The fourth-order valence-electron chi connectivity index (χ4n) is 7.47. The second kappa shape index (κ2) is 4.73. The van der Waals surface area contributed by atoms with E-state index in [2.05, 4.69) is 6.92 Å². The highest BCUT2D eigenvalue weighted by molar-refractivity contribution is 5.08. The van der Waals surface area contributed by atoms with E-state index in [1.54, 1.807) is 0 Å². The van der Waals surface area contributed by atoms with E-state index in [0.29, 0.717) is 10.8 Å². The third-order valence-corrected chi connectivity index (χ3v) is 8.44. The molecule has 20 heavy (non-hydrogen) atoms. The van der Waals surface area contributed by atoms with E-state index in [9.17, 15) is 0 Å². The van der Waals surface area contributed by atoms with Crippen LogP contribution in [-0.2, 0) is 0 Å². The lowest BCUT2D eigenvalue weighted by atomic mass is 9.45. The summed E-state index contributed by atoms with van der Waals surface area (Å²) in [6.07, 6.45) is 16.5. The lowest BCUT2D eigenvalue weighted by Gasteiger charge is -2.61. The Morgan fingerprint density at radius 1 is 0.850 bits per heavy atom. The average molecular weight is 275 g/mol. The molecule has 0 aromatic rings. The van der Waals surface area contributed by atoms with Crippen LogP contribution in [-0.4, -0.2) is 6.54 Å². The van der Waals surface area contributed by atoms with E-state index in [0.717, 1.165) is 30.2 Å². The van der Waals surface area contributed by atoms with Crippen LogP contribution in [0.4, 0.5) is 0 Å². The summed E-state index contributed by atoms with van der Waals surface area (Å²) in [4.78, 5) is 0. The number of rotatable bonds is 1. The first kappa shape index (κ1) is 13.6. The molecule has 0 aliphatic heterocycles. The number of fused-ring (bicyclic) bond motifs is 5. The van der Waals surface area contributed by atoms with E-state index in [1.165, 1.54) is 70.6 Å². The molecular formula is C19H33N. The number of hydrogen-bond donors (Lipinski definition) is 1. The summed E-state index contributed by atoms with van der Waals surface area (Å²) < 4.78 is 0. The van der Waals surface area contributed by atoms with Gasteiger partial charge in [0.15, 0.2) is 0 Å². The van der Waals surface area contributed by atoms with Gasteiger partial charge in [-0.25, -0.2) is 0 Å². The zero-order valence-electron chi connectivity index (χ0n) is 13.4. The molecule has 0 radical (unpaired) electrons. The van der Waals surface area contributed by atoms with E-state index < -0.39 is 0 Å². The Balaban J connectivity index is 1.66. The molecule has 1 unspecified atom stereocenters. The van der Waals surface area contributed by atoms with E-state index in [-0.39, 0.29) is 0 Å². The maximum Gasteiger partial charge on any atom is -0.00151 e. The minimum absolute atomic E-state index is 0.561. The van der Waals surface area contributed by atoms with Gasteiger partial charge in [0, 0.05) is 0 Å². The van der Waals surface area contributed by atoms with Gasteiger partial charge < -0.3 is 5.73 Å². The molecule has 0 heterocycles. The van der Waals surface area contributed by atoms with Crippen molar-refractivity contribution in [3.8, 4) is 0 Å². The number of hydrogen-bond acceptors (Lipinski definition) is 1. The Morgan fingerprint density at radius 2 is 1.75 bits per heavy atom. The van der Waals surface area contributed by atoms with Gasteiger partial charge in [-0.1, -0.05) is 26.2 Å². The Morgan fingerprint density at radius 3 is 2.60 bits per heavy atom. The summed E-state index contributed by atoms with van der Waals surface area (Å²) in [5.74, 6) is 4.05. The van der Waals surface area contributed by atoms with Crippen molar-refractivity contribution in [1.29, 1.82) is 0 Å². The lowest BCUT2D eigenvalue weighted by Crippen LogP contribution is -2.56. The van der Waals surface area contributed by atoms with Gasteiger partial charge in [0.2, 0.25) is 0 Å². The highest BCUT2D eigenvalue weighted by Crippen LogP contribution is 2.65. The quantitative estimate of drug-likeness (QED) is 0.734. The standard InChI is InChI=1S/C19H33N/c1-18-10-4-6-16(18)15-8-7-14-5-2-3-11-19(14,13-20)17(15)9-12-18/h14-17H,2-13,20H2,1H3/t14?,15-,16-,17-,18-,19-/m0/s1. The van der Waals surface area contributed by atoms with Gasteiger partial charge in [-0.15, -0.1) is 0 Å². The van der Waals surface area contributed by atoms with Crippen LogP contribution in [0.15, 0.2) is 0 Å². The van der Waals surface area contributed by atoms with Gasteiger partial charge in [0.1, 0.15) is 0 Å². The smallest absolute Gasteiger partial charge is 0.00151 e. The highest BCUT2D eigenvalue weighted by atomic mass is 14.7. The van der Waals surface area contributed by atoms with Crippen LogP contribution in [0, 0.1) is 34.5 Å². The average Bonchev–Trinajstić information content (AvgIpc) is 2.88. The third kappa shape index (κ3) is 1.71. The molecule has 114 valence electrons. The molecule has 0 aromatic carbocycles. The van der Waals surface area contributed by atoms with Crippen molar-refractivity contribution in [1.82, 2.24) is 0 Å². The van der Waals surface area contributed by atoms with E-state index in [1.807, 2.05) is 0 Å². The first-order valence-electron chi connectivity index (χ1n) is 9.40. The topological polar surface area (TPSA) is 26.0 Å². The van der Waals surface area contributed by atoms with Gasteiger partial charge in [0.25, 0.3) is 0 Å². The SMILES string of the molecule is C[C@@]12CCC[C@H]1[C@@H]1CCC3CCCC[C@@]3(CN)[C@H]1CC2. The van der Waals surface area contributed by atoms with Crippen molar-refractivity contribution in [2.24, 2.45) is 40.2 Å². The van der Waals surface area contributed by atoms with Crippen LogP contribution in [0.2, 0.25) is 0 Å². The number of nitrogens with two attached hydrogens (primary N) is 1. The predicted octanol–water partition coefficient (Wildman–Crippen LogP) is 4.75. The molecule has 2 N–H and O–H groups in total. The Hall–Kier alpha value is -0.0400. The van der Waals surface area contributed by atoms with Crippen LogP contribution >= 0.6 is 0 Å². The monoisotopic (exact) mass is 275 g/mol. The molecule has 4 aliphatic carbocycles. The van der Waals surface area contributed by atoms with Crippen LogP contribution in [0.1, 0.15) is 77.6 Å². The van der Waals surface area contributed by atoms with Crippen molar-refractivity contribution >= 4 is 0 Å². The fraction of sp³-hybridized carbons (Fsp3) is 1.00. The Kier molecular flexibility index (Phi) is 3.22. The molecular weight excluding hydrogens is 242 g/mol. The van der Waals surface area contributed by atoms with Gasteiger partial charge in [0.05, 0.1) is 0 Å². The van der Waals surface area contributed by atoms with Crippen LogP contribution < -0.4 is 5.73 Å². The molecule has 4 saturated carbocycles. The Labute approximate surface area is 125 Å². The molecule has 0 spiro atoms. The molecule has 4 aliphatic rings. The first-order chi connectivity index (χ1) is 9.70. The van der Waals surface area contributed by atoms with Gasteiger partial charge >= 0.3 is 0 Å². The zero-order chi connectivity index (χ0) is 13.8. The van der Waals surface area contributed by atoms with Crippen molar-refractivity contribution in [3.05, 3.63) is 0 Å². The van der Waals surface area contributed by atoms with Crippen molar-refractivity contribution in [2.75, 3.05) is 6.54 Å². The largest absolute Gasteiger partial charge is 0.330 e. The molecule has 6 atom stereocenters. The van der Waals surface area contributed by atoms with Crippen LogP contribution in [0.3, 0.4) is 0 Å². The molecule has 0 saturated heterocycles.